The number of hydrogen-bond donors (Lipinski definition) is 2. The van der Waals surface area contributed by atoms with Gasteiger partial charge < -0.3 is 20.0 Å². The van der Waals surface area contributed by atoms with E-state index in [-0.39, 0.29) is 41.0 Å². The van der Waals surface area contributed by atoms with Crippen molar-refractivity contribution in [3.05, 3.63) is 46.5 Å². The Hall–Kier alpha value is -3.17. The summed E-state index contributed by atoms with van der Waals surface area (Å²) in [5.41, 5.74) is 2.79. The lowest BCUT2D eigenvalue weighted by atomic mass is 9.89. The van der Waals surface area contributed by atoms with E-state index in [1.165, 1.54) is 28.7 Å². The van der Waals surface area contributed by atoms with Crippen LogP contribution in [0.4, 0.5) is 5.69 Å². The summed E-state index contributed by atoms with van der Waals surface area (Å²) in [5.74, 6) is -1.33. The number of carbonyl (C=O) groups excluding carboxylic acids is 3. The molecule has 39 heavy (non-hydrogen) atoms. The third kappa shape index (κ3) is 8.16. The van der Waals surface area contributed by atoms with Crippen LogP contribution in [0.15, 0.2) is 45.9 Å². The van der Waals surface area contributed by atoms with Crippen LogP contribution >= 0.6 is 23.2 Å². The van der Waals surface area contributed by atoms with Crippen molar-refractivity contribution in [3.63, 3.8) is 0 Å². The van der Waals surface area contributed by atoms with Gasteiger partial charge in [-0.1, -0.05) is 30.1 Å². The molecule has 2 saturated heterocycles. The van der Waals surface area contributed by atoms with Crippen LogP contribution in [0.3, 0.4) is 0 Å². The van der Waals surface area contributed by atoms with Crippen LogP contribution in [0.5, 0.6) is 5.75 Å². The summed E-state index contributed by atoms with van der Waals surface area (Å²) in [6, 6.07) is 3.54. The Labute approximate surface area is 237 Å². The number of phenols is 1. The van der Waals surface area contributed by atoms with Crippen LogP contribution in [0.1, 0.15) is 63.4 Å². The maximum absolute atomic E-state index is 12.7. The molecule has 2 heterocycles. The van der Waals surface area contributed by atoms with Crippen LogP contribution in [0.2, 0.25) is 0 Å². The van der Waals surface area contributed by atoms with Crippen molar-refractivity contribution in [1.29, 1.82) is 0 Å². The predicted octanol–water partition coefficient (Wildman–Crippen LogP) is 4.88. The van der Waals surface area contributed by atoms with Crippen molar-refractivity contribution >= 4 is 58.7 Å². The summed E-state index contributed by atoms with van der Waals surface area (Å²) in [4.78, 5) is 55.8. The number of carbonyl (C=O) groups is 4. The second kappa shape index (κ2) is 14.3. The van der Waals surface area contributed by atoms with Gasteiger partial charge in [0.15, 0.2) is 6.29 Å². The van der Waals surface area contributed by atoms with Crippen molar-refractivity contribution < 1.29 is 29.4 Å². The van der Waals surface area contributed by atoms with Crippen molar-refractivity contribution in [2.24, 2.45) is 4.99 Å². The van der Waals surface area contributed by atoms with Gasteiger partial charge in [-0.2, -0.15) is 0 Å². The Morgan fingerprint density at radius 2 is 1.79 bits per heavy atom. The van der Waals surface area contributed by atoms with Crippen LogP contribution < -0.4 is 0 Å². The largest absolute Gasteiger partial charge is 0.508 e. The molecule has 3 atom stereocenters. The van der Waals surface area contributed by atoms with Gasteiger partial charge in [-0.15, -0.1) is 0 Å². The Kier molecular flexibility index (Phi) is 11.1. The van der Waals surface area contributed by atoms with Gasteiger partial charge in [0.1, 0.15) is 11.8 Å². The second-order valence-corrected chi connectivity index (χ2v) is 10.5. The molecule has 0 radical (unpaired) electrons. The van der Waals surface area contributed by atoms with E-state index in [2.05, 4.69) is 4.99 Å². The summed E-state index contributed by atoms with van der Waals surface area (Å²) >= 11 is 11.6. The lowest BCUT2D eigenvalue weighted by molar-refractivity contribution is -0.148. The number of rotatable bonds is 13. The summed E-state index contributed by atoms with van der Waals surface area (Å²) in [6.45, 7) is 2.96. The number of aliphatic imine (C=N–C) groups is 1. The number of hydrogen-bond acceptors (Lipinski definition) is 6. The Bertz CT molecular complexity index is 1180. The Morgan fingerprint density at radius 3 is 2.36 bits per heavy atom. The molecule has 0 aromatic heterocycles. The fourth-order valence-corrected chi connectivity index (χ4v) is 5.53. The minimum atomic E-state index is -1.05. The first-order valence-electron chi connectivity index (χ1n) is 13.0. The summed E-state index contributed by atoms with van der Waals surface area (Å²) < 4.78 is 0. The normalized spacial score (nSPS) is 19.2. The number of halogens is 2. The number of phenolic OH excluding ortho intramolecular Hbond substituents is 1. The Morgan fingerprint density at radius 1 is 1.13 bits per heavy atom. The highest BCUT2D eigenvalue weighted by Crippen LogP contribution is 2.36. The number of carboxylic acid groups (broad SMARTS) is 1. The molecule has 2 aliphatic rings. The molecule has 0 saturated carbocycles. The molecule has 11 heteroatoms. The van der Waals surface area contributed by atoms with E-state index in [0.29, 0.717) is 68.4 Å². The molecule has 9 nitrogen and oxygen atoms in total. The highest BCUT2D eigenvalue weighted by atomic mass is 35.5. The standard InChI is InChI=1S/C28H33Cl2N3O6/c1-18(23-16-22(35)7-8-24(23)31-20(10-11-29)15-19(30)17-34)14-21(32-12-2-4-26(32)36)6-9-25(28(38)39)33-13-3-5-27(33)37/h7-8,10-11,15-18,21,25,35H,2-6,9,12-14H2,1H3,(H,38,39)/b11-10+,19-15+,31-20+. The average molecular weight is 578 g/mol. The number of carboxylic acids is 1. The van der Waals surface area contributed by atoms with Gasteiger partial charge in [0.05, 0.1) is 16.4 Å². The molecule has 1 aromatic rings. The first-order chi connectivity index (χ1) is 18.6. The van der Waals surface area contributed by atoms with Gasteiger partial charge in [0.2, 0.25) is 11.8 Å². The molecule has 210 valence electrons. The monoisotopic (exact) mass is 577 g/mol. The number of aromatic hydroxyl groups is 1. The molecule has 1 aromatic carbocycles. The molecule has 2 amide bonds. The summed E-state index contributed by atoms with van der Waals surface area (Å²) in [5, 5.41) is 20.0. The lowest BCUT2D eigenvalue weighted by Gasteiger charge is -2.32. The molecular weight excluding hydrogens is 545 g/mol. The summed E-state index contributed by atoms with van der Waals surface area (Å²) in [6.07, 6.45) is 6.62. The zero-order valence-corrected chi connectivity index (χ0v) is 23.3. The maximum atomic E-state index is 12.7. The van der Waals surface area contributed by atoms with E-state index in [0.717, 1.165) is 6.42 Å². The van der Waals surface area contributed by atoms with Crippen molar-refractivity contribution in [3.8, 4) is 5.75 Å². The number of benzene rings is 1. The van der Waals surface area contributed by atoms with E-state index < -0.39 is 12.0 Å². The van der Waals surface area contributed by atoms with Gasteiger partial charge in [0, 0.05) is 37.5 Å². The Balaban J connectivity index is 1.89. The van der Waals surface area contributed by atoms with Crippen LogP contribution in [0.25, 0.3) is 0 Å². The minimum absolute atomic E-state index is 0.0219. The molecule has 3 rings (SSSR count). The number of aldehydes is 1. The van der Waals surface area contributed by atoms with E-state index >= 15 is 0 Å². The van der Waals surface area contributed by atoms with Gasteiger partial charge >= 0.3 is 5.97 Å². The van der Waals surface area contributed by atoms with Gasteiger partial charge in [-0.25, -0.2) is 9.79 Å². The third-order valence-corrected chi connectivity index (χ3v) is 7.47. The van der Waals surface area contributed by atoms with Crippen molar-refractivity contribution in [2.75, 3.05) is 13.1 Å². The lowest BCUT2D eigenvalue weighted by Crippen LogP contribution is -2.44. The third-order valence-electron chi connectivity index (χ3n) is 7.14. The first-order valence-corrected chi connectivity index (χ1v) is 13.8. The summed E-state index contributed by atoms with van der Waals surface area (Å²) in [7, 11) is 0. The minimum Gasteiger partial charge on any atom is -0.508 e. The van der Waals surface area contributed by atoms with Crippen LogP contribution in [-0.4, -0.2) is 75.0 Å². The quantitative estimate of drug-likeness (QED) is 0.195. The first kappa shape index (κ1) is 30.4. The molecule has 0 spiro atoms. The molecule has 2 aliphatic heterocycles. The van der Waals surface area contributed by atoms with E-state index in [1.807, 2.05) is 6.92 Å². The van der Waals surface area contributed by atoms with Gasteiger partial charge in [0.25, 0.3) is 0 Å². The fraction of sp³-hybridized carbons (Fsp3) is 0.464. The van der Waals surface area contributed by atoms with Gasteiger partial charge in [-0.3, -0.25) is 14.4 Å². The number of nitrogens with zero attached hydrogens (tertiary/aromatic N) is 3. The molecule has 0 aliphatic carbocycles. The molecule has 2 N–H and O–H groups in total. The number of likely N-dealkylation sites (tertiary alicyclic amines) is 2. The van der Waals surface area contributed by atoms with E-state index in [9.17, 15) is 29.4 Å². The average Bonchev–Trinajstić information content (AvgIpc) is 3.52. The molecular formula is C28H33Cl2N3O6. The highest BCUT2D eigenvalue weighted by Gasteiger charge is 2.35. The number of aliphatic carboxylic acids is 1. The zero-order valence-electron chi connectivity index (χ0n) is 21.8. The molecule has 2 fully saturated rings. The van der Waals surface area contributed by atoms with Crippen LogP contribution in [0, 0.1) is 0 Å². The molecule has 3 unspecified atom stereocenters. The highest BCUT2D eigenvalue weighted by molar-refractivity contribution is 6.40. The van der Waals surface area contributed by atoms with E-state index in [4.69, 9.17) is 23.2 Å². The fourth-order valence-electron chi connectivity index (χ4n) is 5.29. The molecule has 0 bridgehead atoms. The topological polar surface area (TPSA) is 128 Å². The zero-order chi connectivity index (χ0) is 28.5. The number of amides is 2. The smallest absolute Gasteiger partial charge is 0.326 e. The predicted molar refractivity (Wildman–Crippen MR) is 150 cm³/mol. The number of allylic oxidation sites excluding steroid dienone is 3. The van der Waals surface area contributed by atoms with Crippen LogP contribution in [-0.2, 0) is 19.2 Å². The SMILES string of the molecule is CC(CC(CCC(C(=O)O)N1CCCC1=O)N1CCCC1=O)c1cc(O)ccc1/N=C(\C=C\Cl)/C=C(/Cl)C=O. The van der Waals surface area contributed by atoms with Crippen molar-refractivity contribution in [2.45, 2.75) is 69.9 Å². The van der Waals surface area contributed by atoms with Crippen molar-refractivity contribution in [1.82, 2.24) is 9.80 Å². The van der Waals surface area contributed by atoms with E-state index in [1.54, 1.807) is 17.0 Å². The second-order valence-electron chi connectivity index (χ2n) is 9.82. The maximum Gasteiger partial charge on any atom is 0.326 e. The van der Waals surface area contributed by atoms with Gasteiger partial charge in [-0.05, 0) is 73.9 Å².